The maximum atomic E-state index is 5.67. The van der Waals surface area contributed by atoms with Crippen LogP contribution in [-0.2, 0) is 6.54 Å². The molecule has 1 saturated carbocycles. The molecule has 4 nitrogen and oxygen atoms in total. The van der Waals surface area contributed by atoms with Gasteiger partial charge in [0.05, 0.1) is 18.1 Å². The van der Waals surface area contributed by atoms with Gasteiger partial charge in [-0.05, 0) is 43.4 Å². The number of aromatic nitrogens is 2. The first-order valence-corrected chi connectivity index (χ1v) is 7.92. The number of hydrogen-bond donors (Lipinski definition) is 1. The lowest BCUT2D eigenvalue weighted by atomic mass is 10.3. The molecule has 0 unspecified atom stereocenters. The predicted molar refractivity (Wildman–Crippen MR) is 80.2 cm³/mol. The highest BCUT2D eigenvalue weighted by atomic mass is 32.2. The first-order valence-electron chi connectivity index (χ1n) is 6.70. The normalized spacial score (nSPS) is 14.2. The van der Waals surface area contributed by atoms with Gasteiger partial charge in [0, 0.05) is 17.5 Å². The largest absolute Gasteiger partial charge is 0.438 e. The molecule has 0 aliphatic heterocycles. The molecule has 1 aromatic carbocycles. The van der Waals surface area contributed by atoms with Crippen molar-refractivity contribution in [3.8, 4) is 11.6 Å². The van der Waals surface area contributed by atoms with E-state index in [9.17, 15) is 0 Å². The fourth-order valence-electron chi connectivity index (χ4n) is 1.79. The summed E-state index contributed by atoms with van der Waals surface area (Å²) in [5, 5.41) is 3.41. The van der Waals surface area contributed by atoms with Gasteiger partial charge >= 0.3 is 0 Å². The summed E-state index contributed by atoms with van der Waals surface area (Å²) >= 11 is 1.71. The van der Waals surface area contributed by atoms with E-state index >= 15 is 0 Å². The Morgan fingerprint density at radius 1 is 1.20 bits per heavy atom. The highest BCUT2D eigenvalue weighted by Gasteiger charge is 2.20. The van der Waals surface area contributed by atoms with Gasteiger partial charge in [-0.25, -0.2) is 4.98 Å². The van der Waals surface area contributed by atoms with Crippen molar-refractivity contribution in [1.29, 1.82) is 0 Å². The van der Waals surface area contributed by atoms with Gasteiger partial charge in [0.25, 0.3) is 0 Å². The van der Waals surface area contributed by atoms with Crippen LogP contribution in [0.15, 0.2) is 41.6 Å². The molecule has 1 N–H and O–H groups in total. The number of ether oxygens (including phenoxy) is 1. The standard InChI is InChI=1S/C15H17N3OS/c1-20-14-6-4-13(5-7-14)19-15-10-17-12(9-18-15)8-16-11-2-3-11/h4-7,9-11,16H,2-3,8H2,1H3. The second-order valence-electron chi connectivity index (χ2n) is 4.78. The number of hydrogen-bond acceptors (Lipinski definition) is 5. The van der Waals surface area contributed by atoms with Crippen molar-refractivity contribution in [2.45, 2.75) is 30.3 Å². The molecule has 0 saturated heterocycles. The van der Waals surface area contributed by atoms with Gasteiger partial charge in [0.15, 0.2) is 0 Å². The Balaban J connectivity index is 1.58. The Morgan fingerprint density at radius 2 is 2.00 bits per heavy atom. The number of thioether (sulfide) groups is 1. The van der Waals surface area contributed by atoms with Crippen LogP contribution in [0, 0.1) is 0 Å². The van der Waals surface area contributed by atoms with Crippen molar-refractivity contribution in [3.63, 3.8) is 0 Å². The average Bonchev–Trinajstić information content (AvgIpc) is 3.32. The second-order valence-corrected chi connectivity index (χ2v) is 5.66. The molecule has 104 valence electrons. The van der Waals surface area contributed by atoms with Crippen LogP contribution in [0.4, 0.5) is 0 Å². The van der Waals surface area contributed by atoms with Crippen LogP contribution >= 0.6 is 11.8 Å². The molecule has 1 fully saturated rings. The van der Waals surface area contributed by atoms with E-state index in [0.29, 0.717) is 11.9 Å². The van der Waals surface area contributed by atoms with Gasteiger partial charge < -0.3 is 10.1 Å². The monoisotopic (exact) mass is 287 g/mol. The summed E-state index contributed by atoms with van der Waals surface area (Å²) in [4.78, 5) is 9.85. The van der Waals surface area contributed by atoms with Gasteiger partial charge in [-0.2, -0.15) is 0 Å². The summed E-state index contributed by atoms with van der Waals surface area (Å²) in [5.74, 6) is 1.30. The molecule has 1 aliphatic carbocycles. The average molecular weight is 287 g/mol. The smallest absolute Gasteiger partial charge is 0.237 e. The van der Waals surface area contributed by atoms with E-state index in [4.69, 9.17) is 4.74 Å². The summed E-state index contributed by atoms with van der Waals surface area (Å²) in [7, 11) is 0. The molecule has 20 heavy (non-hydrogen) atoms. The summed E-state index contributed by atoms with van der Waals surface area (Å²) in [6, 6.07) is 8.62. The highest BCUT2D eigenvalue weighted by Crippen LogP contribution is 2.23. The number of nitrogens with zero attached hydrogens (tertiary/aromatic N) is 2. The molecule has 0 atom stereocenters. The molecule has 0 spiro atoms. The van der Waals surface area contributed by atoms with E-state index in [1.54, 1.807) is 24.2 Å². The van der Waals surface area contributed by atoms with E-state index in [1.165, 1.54) is 17.7 Å². The molecule has 3 rings (SSSR count). The second kappa shape index (κ2) is 6.24. The molecule has 0 amide bonds. The highest BCUT2D eigenvalue weighted by molar-refractivity contribution is 7.98. The van der Waals surface area contributed by atoms with Crippen LogP contribution in [0.25, 0.3) is 0 Å². The zero-order valence-electron chi connectivity index (χ0n) is 11.4. The summed E-state index contributed by atoms with van der Waals surface area (Å²) in [6.45, 7) is 0.778. The third kappa shape index (κ3) is 3.71. The summed E-state index contributed by atoms with van der Waals surface area (Å²) in [6.07, 6.45) is 8.05. The van der Waals surface area contributed by atoms with Crippen LogP contribution in [0.3, 0.4) is 0 Å². The van der Waals surface area contributed by atoms with Gasteiger partial charge in [0.2, 0.25) is 5.88 Å². The zero-order chi connectivity index (χ0) is 13.8. The van der Waals surface area contributed by atoms with E-state index in [-0.39, 0.29) is 0 Å². The lowest BCUT2D eigenvalue weighted by Crippen LogP contribution is -2.16. The van der Waals surface area contributed by atoms with Crippen molar-refractivity contribution in [2.24, 2.45) is 0 Å². The molecule has 1 heterocycles. The fraction of sp³-hybridized carbons (Fsp3) is 0.333. The Morgan fingerprint density at radius 3 is 2.60 bits per heavy atom. The van der Waals surface area contributed by atoms with Crippen molar-refractivity contribution in [2.75, 3.05) is 6.26 Å². The third-order valence-corrected chi connectivity index (χ3v) is 3.86. The van der Waals surface area contributed by atoms with E-state index < -0.39 is 0 Å². The molecule has 5 heteroatoms. The maximum absolute atomic E-state index is 5.67. The maximum Gasteiger partial charge on any atom is 0.237 e. The zero-order valence-corrected chi connectivity index (χ0v) is 12.2. The van der Waals surface area contributed by atoms with Crippen LogP contribution in [-0.4, -0.2) is 22.3 Å². The quantitative estimate of drug-likeness (QED) is 0.826. The van der Waals surface area contributed by atoms with Gasteiger partial charge in [0.1, 0.15) is 5.75 Å². The number of rotatable bonds is 6. The summed E-state index contributed by atoms with van der Waals surface area (Å²) in [5.41, 5.74) is 0.946. The van der Waals surface area contributed by atoms with E-state index in [0.717, 1.165) is 18.0 Å². The molecule has 1 aliphatic rings. The Labute approximate surface area is 123 Å². The third-order valence-electron chi connectivity index (χ3n) is 3.11. The SMILES string of the molecule is CSc1ccc(Oc2cnc(CNC3CC3)cn2)cc1. The van der Waals surface area contributed by atoms with Crippen LogP contribution in [0.1, 0.15) is 18.5 Å². The topological polar surface area (TPSA) is 47.0 Å². The molecular formula is C15H17N3OS. The first-order chi connectivity index (χ1) is 9.83. The van der Waals surface area contributed by atoms with Crippen molar-refractivity contribution in [3.05, 3.63) is 42.4 Å². The minimum absolute atomic E-state index is 0.525. The van der Waals surface area contributed by atoms with Crippen LogP contribution in [0.2, 0.25) is 0 Å². The summed E-state index contributed by atoms with van der Waals surface area (Å²) < 4.78 is 5.67. The Kier molecular flexibility index (Phi) is 4.18. The Bertz CT molecular complexity index is 552. The van der Waals surface area contributed by atoms with Crippen LogP contribution < -0.4 is 10.1 Å². The van der Waals surface area contributed by atoms with Crippen molar-refractivity contribution >= 4 is 11.8 Å². The van der Waals surface area contributed by atoms with Crippen molar-refractivity contribution in [1.82, 2.24) is 15.3 Å². The molecular weight excluding hydrogens is 270 g/mol. The van der Waals surface area contributed by atoms with Gasteiger partial charge in [-0.3, -0.25) is 4.98 Å². The molecule has 2 aromatic rings. The lowest BCUT2D eigenvalue weighted by molar-refractivity contribution is 0.458. The van der Waals surface area contributed by atoms with Gasteiger partial charge in [-0.15, -0.1) is 11.8 Å². The minimum Gasteiger partial charge on any atom is -0.438 e. The predicted octanol–water partition coefficient (Wildman–Crippen LogP) is 3.24. The Hall–Kier alpha value is -1.59. The molecule has 0 radical (unpaired) electrons. The van der Waals surface area contributed by atoms with Gasteiger partial charge in [-0.1, -0.05) is 0 Å². The number of benzene rings is 1. The van der Waals surface area contributed by atoms with Crippen molar-refractivity contribution < 1.29 is 4.74 Å². The minimum atomic E-state index is 0.525. The van der Waals surface area contributed by atoms with Crippen LogP contribution in [0.5, 0.6) is 11.6 Å². The lowest BCUT2D eigenvalue weighted by Gasteiger charge is -2.06. The molecule has 1 aromatic heterocycles. The molecule has 0 bridgehead atoms. The number of nitrogens with one attached hydrogen (secondary N) is 1. The van der Waals surface area contributed by atoms with E-state index in [2.05, 4.69) is 21.5 Å². The van der Waals surface area contributed by atoms with E-state index in [1.807, 2.05) is 24.3 Å². The fourth-order valence-corrected chi connectivity index (χ4v) is 2.20. The first kappa shape index (κ1) is 13.4.